The number of alkyl carbamates (subject to hydrolysis) is 1. The van der Waals surface area contributed by atoms with Gasteiger partial charge in [0.25, 0.3) is 12.3 Å². The van der Waals surface area contributed by atoms with Gasteiger partial charge in [-0.15, -0.1) is 0 Å². The molecule has 68 heavy (non-hydrogen) atoms. The van der Waals surface area contributed by atoms with Gasteiger partial charge < -0.3 is 85.9 Å². The van der Waals surface area contributed by atoms with Crippen molar-refractivity contribution in [3.63, 3.8) is 0 Å². The van der Waals surface area contributed by atoms with E-state index >= 15 is 0 Å². The molecule has 13 atom stereocenters. The minimum Gasteiger partial charge on any atom is -0.504 e. The fourth-order valence-corrected chi connectivity index (χ4v) is 8.00. The van der Waals surface area contributed by atoms with Gasteiger partial charge in [-0.2, -0.15) is 0 Å². The maximum atomic E-state index is 14.4. The number of aliphatic hydroxyl groups is 6. The number of aromatic hydroxyl groups is 1. The van der Waals surface area contributed by atoms with Crippen LogP contribution in [0.3, 0.4) is 0 Å². The second-order valence-electron chi connectivity index (χ2n) is 17.6. The number of nitrogens with one attached hydrogen (secondary N) is 5. The molecule has 27 nitrogen and oxygen atoms in total. The molecule has 3 aliphatic rings. The van der Waals surface area contributed by atoms with Crippen molar-refractivity contribution in [2.45, 2.75) is 132 Å². The number of carbonyl (C=O) groups is 7. The van der Waals surface area contributed by atoms with Crippen LogP contribution < -0.4 is 30.8 Å². The number of rotatable bonds is 11. The van der Waals surface area contributed by atoms with Crippen molar-refractivity contribution in [1.82, 2.24) is 36.4 Å². The molecule has 3 fully saturated rings. The number of hydrogen-bond donors (Lipinski definition) is 13. The summed E-state index contributed by atoms with van der Waals surface area (Å²) >= 11 is 0.0692. The number of aliphatic hydroxyl groups excluding tert-OH is 6. The van der Waals surface area contributed by atoms with Gasteiger partial charge >= 0.3 is 6.09 Å². The van der Waals surface area contributed by atoms with Gasteiger partial charge in [-0.3, -0.25) is 28.8 Å². The predicted molar refractivity (Wildman–Crippen MR) is 229 cm³/mol. The number of hydrogen-bond acceptors (Lipinski definition) is 20. The number of phenolic OH excluding ortho intramolecular Hbond substituents is 1. The molecule has 4 rings (SSSR count). The zero-order valence-corrected chi connectivity index (χ0v) is 38.3. The molecule has 0 unspecified atom stereocenters. The van der Waals surface area contributed by atoms with Crippen LogP contribution in [0.4, 0.5) is 4.79 Å². The summed E-state index contributed by atoms with van der Waals surface area (Å²) in [6.07, 6.45) is -13.2. The number of nitrogens with zero attached hydrogens (tertiary/aromatic N) is 3. The van der Waals surface area contributed by atoms with Crippen LogP contribution in [0.2, 0.25) is 0 Å². The Balaban J connectivity index is 1.83. The van der Waals surface area contributed by atoms with E-state index in [0.717, 1.165) is 28.9 Å². The SMILES string of the molecule is [C-]#[N+]C[C@@H](O)[C@@H]1NC(=O)[C@H]([C@H](O)Cc2ccc(O)c(OSOOO)c2)NC(=O)[C@@H]2C[C@@H](O)CN2C(=O)[C@H]([C@@H](C)O)NC(=O)[C@@H](NC(=O)OC(C)(C)C)C[C@@H](O)CNC(=O)[C@@H]2[C@@H](O)[C@@H](C)CN2C1=O. The van der Waals surface area contributed by atoms with Gasteiger partial charge in [-0.05, 0) is 45.4 Å². The zero-order chi connectivity index (χ0) is 50.8. The molecule has 13 N–H and O–H groups in total. The van der Waals surface area contributed by atoms with E-state index in [0.29, 0.717) is 0 Å². The Morgan fingerprint density at radius 1 is 0.897 bits per heavy atom. The van der Waals surface area contributed by atoms with Crippen LogP contribution in [0.15, 0.2) is 18.2 Å². The quantitative estimate of drug-likeness (QED) is 0.0328. The number of benzene rings is 1. The minimum atomic E-state index is -2.13. The smallest absolute Gasteiger partial charge is 0.408 e. The molecule has 0 aromatic heterocycles. The Kier molecular flexibility index (Phi) is 19.5. The molecule has 1 aromatic rings. The van der Waals surface area contributed by atoms with Crippen LogP contribution in [0.1, 0.15) is 53.0 Å². The maximum Gasteiger partial charge on any atom is 0.408 e. The molecule has 0 spiro atoms. The van der Waals surface area contributed by atoms with Crippen molar-refractivity contribution in [3.8, 4) is 11.5 Å². The first kappa shape index (κ1) is 55.0. The van der Waals surface area contributed by atoms with Crippen LogP contribution in [0, 0.1) is 12.5 Å². The number of phenols is 1. The van der Waals surface area contributed by atoms with E-state index in [1.807, 2.05) is 0 Å². The third kappa shape index (κ3) is 14.5. The van der Waals surface area contributed by atoms with Crippen LogP contribution in [0.5, 0.6) is 11.5 Å². The zero-order valence-electron chi connectivity index (χ0n) is 37.5. The molecule has 0 bridgehead atoms. The summed E-state index contributed by atoms with van der Waals surface area (Å²) < 4.78 is 14.5. The summed E-state index contributed by atoms with van der Waals surface area (Å²) in [6.45, 7) is 12.1. The molecule has 3 heterocycles. The number of amides is 7. The van der Waals surface area contributed by atoms with Gasteiger partial charge in [0, 0.05) is 44.8 Å². The highest BCUT2D eigenvalue weighted by molar-refractivity contribution is 7.90. The molecule has 7 amide bonds. The van der Waals surface area contributed by atoms with Crippen molar-refractivity contribution in [2.75, 3.05) is 26.2 Å². The lowest BCUT2D eigenvalue weighted by atomic mass is 9.99. The number of ether oxygens (including phenoxy) is 1. The van der Waals surface area contributed by atoms with Crippen LogP contribution in [-0.2, 0) is 49.3 Å². The number of β-amino-alcohol motifs (C(OH)–C–C–N with tert-alkyl or cyclic N) is 1. The molecule has 3 saturated heterocycles. The van der Waals surface area contributed by atoms with E-state index in [-0.39, 0.29) is 30.2 Å². The van der Waals surface area contributed by atoms with Gasteiger partial charge in [-0.1, -0.05) is 22.4 Å². The molecule has 3 aliphatic heterocycles. The maximum absolute atomic E-state index is 14.4. The Bertz CT molecular complexity index is 2040. The summed E-state index contributed by atoms with van der Waals surface area (Å²) in [4.78, 5) is 103. The second kappa shape index (κ2) is 24.1. The van der Waals surface area contributed by atoms with Crippen LogP contribution in [0.25, 0.3) is 4.85 Å². The summed E-state index contributed by atoms with van der Waals surface area (Å²) in [6, 6.07) is -7.74. The number of carbonyl (C=O) groups excluding carboxylic acids is 7. The molecule has 0 aliphatic carbocycles. The molecule has 378 valence electrons. The molecule has 1 aromatic carbocycles. The highest BCUT2D eigenvalue weighted by atomic mass is 32.2. The van der Waals surface area contributed by atoms with Crippen molar-refractivity contribution in [3.05, 3.63) is 35.2 Å². The Hall–Kier alpha value is -5.61. The van der Waals surface area contributed by atoms with Gasteiger partial charge in [0.05, 0.1) is 30.5 Å². The lowest BCUT2D eigenvalue weighted by Gasteiger charge is -2.33. The third-order valence-corrected chi connectivity index (χ3v) is 11.4. The minimum absolute atomic E-state index is 0.0692. The number of fused-ring (bicyclic) bond motifs is 2. The van der Waals surface area contributed by atoms with Crippen molar-refractivity contribution >= 4 is 53.9 Å². The van der Waals surface area contributed by atoms with Gasteiger partial charge in [0.15, 0.2) is 17.6 Å². The van der Waals surface area contributed by atoms with Crippen molar-refractivity contribution in [1.29, 1.82) is 0 Å². The largest absolute Gasteiger partial charge is 0.504 e. The normalized spacial score (nSPS) is 29.4. The predicted octanol–water partition coefficient (Wildman–Crippen LogP) is -4.28. The van der Waals surface area contributed by atoms with Crippen molar-refractivity contribution in [2.24, 2.45) is 5.92 Å². The Morgan fingerprint density at radius 2 is 1.54 bits per heavy atom. The van der Waals surface area contributed by atoms with Gasteiger partial charge in [0.2, 0.25) is 42.0 Å². The molecule has 0 radical (unpaired) electrons. The Morgan fingerprint density at radius 3 is 2.18 bits per heavy atom. The second-order valence-corrected chi connectivity index (χ2v) is 18.0. The van der Waals surface area contributed by atoms with E-state index in [1.54, 1.807) is 0 Å². The first-order valence-electron chi connectivity index (χ1n) is 21.2. The molecule has 28 heteroatoms. The first-order chi connectivity index (χ1) is 31.9. The van der Waals surface area contributed by atoms with E-state index in [2.05, 4.69) is 40.8 Å². The van der Waals surface area contributed by atoms with Crippen LogP contribution >= 0.6 is 12.3 Å². The molecular weight excluding hydrogens is 929 g/mol. The monoisotopic (exact) mass is 986 g/mol. The summed E-state index contributed by atoms with van der Waals surface area (Å²) in [5.41, 5.74) is -0.967. The van der Waals surface area contributed by atoms with Crippen LogP contribution in [-0.4, -0.2) is 197 Å². The average Bonchev–Trinajstić information content (AvgIpc) is 3.80. The first-order valence-corrected chi connectivity index (χ1v) is 21.9. The third-order valence-electron chi connectivity index (χ3n) is 11.1. The lowest BCUT2D eigenvalue weighted by molar-refractivity contribution is -0.433. The van der Waals surface area contributed by atoms with E-state index in [1.165, 1.54) is 33.8 Å². The topological polar surface area (TPSA) is 389 Å². The fraction of sp³-hybridized carbons (Fsp3) is 0.650. The lowest BCUT2D eigenvalue weighted by Crippen LogP contribution is -2.64. The summed E-state index contributed by atoms with van der Waals surface area (Å²) in [7, 11) is 0. The Labute approximate surface area is 393 Å². The molecule has 0 saturated carbocycles. The summed E-state index contributed by atoms with van der Waals surface area (Å²) in [5.74, 6) is -8.72. The average molecular weight is 987 g/mol. The van der Waals surface area contributed by atoms with Gasteiger partial charge in [-0.25, -0.2) is 16.6 Å². The van der Waals surface area contributed by atoms with E-state index in [4.69, 9.17) is 20.7 Å². The summed E-state index contributed by atoms with van der Waals surface area (Å²) in [5, 5.41) is 100. The fourth-order valence-electron chi connectivity index (χ4n) is 7.74. The van der Waals surface area contributed by atoms with Gasteiger partial charge in [0.1, 0.15) is 41.9 Å². The standard InChI is InChI=1S/C40H58N8O19S/c1-17-15-48-31(32(17)55)36(59)42-13-20(50)11-22(43-39(62)64-40(3,4)5)33(56)44-28(18(2)49)37(60)47-16-21(51)12-23(47)34(57)45-29(35(58)46-30(38(48)61)26(54)14-41-6)25(53)9-19-7-8-24(52)27(10-19)65-68-67-66-63/h7-8,10,17-18,20-23,25-26,28-32,49-55,63H,9,11-16H2,1-5H3,(H,42,59)(H,43,62)(H,44,56)(H,45,57)(H,46,58)/t17-,18+,20+,21+,22-,23-,25+,26+,28-,29-,30-,31-,32-/m0/s1. The highest BCUT2D eigenvalue weighted by Gasteiger charge is 2.50. The van der Waals surface area contributed by atoms with Crippen molar-refractivity contribution < 1.29 is 92.9 Å². The highest BCUT2D eigenvalue weighted by Crippen LogP contribution is 2.31. The van der Waals surface area contributed by atoms with E-state index < -0.39 is 171 Å². The molecular formula is C40H58N8O19S. The van der Waals surface area contributed by atoms with E-state index in [9.17, 15) is 69.3 Å².